The SMILES string of the molecule is CCc1ccc(NS(=O)(=O)c2cccc(C(=O)NCc3ccccn3)c2)cc1. The lowest BCUT2D eigenvalue weighted by molar-refractivity contribution is 0.0950. The van der Waals surface area contributed by atoms with Gasteiger partial charge in [-0.1, -0.05) is 31.2 Å². The van der Waals surface area contributed by atoms with Crippen LogP contribution in [0.4, 0.5) is 5.69 Å². The number of carbonyl (C=O) groups excluding carboxylic acids is 1. The highest BCUT2D eigenvalue weighted by atomic mass is 32.2. The Morgan fingerprint density at radius 2 is 1.79 bits per heavy atom. The van der Waals surface area contributed by atoms with Crippen molar-refractivity contribution < 1.29 is 13.2 Å². The van der Waals surface area contributed by atoms with E-state index in [1.54, 1.807) is 42.6 Å². The maximum atomic E-state index is 12.7. The van der Waals surface area contributed by atoms with Gasteiger partial charge in [-0.3, -0.25) is 14.5 Å². The van der Waals surface area contributed by atoms with Crippen molar-refractivity contribution in [2.24, 2.45) is 0 Å². The van der Waals surface area contributed by atoms with Crippen molar-refractivity contribution in [1.82, 2.24) is 10.3 Å². The van der Waals surface area contributed by atoms with E-state index in [9.17, 15) is 13.2 Å². The number of anilines is 1. The van der Waals surface area contributed by atoms with Crippen LogP contribution >= 0.6 is 0 Å². The monoisotopic (exact) mass is 395 g/mol. The van der Waals surface area contributed by atoms with Gasteiger partial charge in [-0.05, 0) is 54.4 Å². The zero-order chi connectivity index (χ0) is 20.0. The molecule has 1 aromatic heterocycles. The number of aromatic nitrogens is 1. The molecule has 0 aliphatic heterocycles. The highest BCUT2D eigenvalue weighted by Gasteiger charge is 2.16. The number of sulfonamides is 1. The van der Waals surface area contributed by atoms with Crippen molar-refractivity contribution in [2.75, 3.05) is 4.72 Å². The molecule has 0 atom stereocenters. The third-order valence-corrected chi connectivity index (χ3v) is 5.56. The molecule has 0 unspecified atom stereocenters. The lowest BCUT2D eigenvalue weighted by Crippen LogP contribution is -2.23. The number of pyridine rings is 1. The van der Waals surface area contributed by atoms with Crippen LogP contribution in [0, 0.1) is 0 Å². The number of nitrogens with zero attached hydrogens (tertiary/aromatic N) is 1. The first-order chi connectivity index (χ1) is 13.5. The predicted molar refractivity (Wildman–Crippen MR) is 108 cm³/mol. The summed E-state index contributed by atoms with van der Waals surface area (Å²) in [6.45, 7) is 2.29. The number of benzene rings is 2. The zero-order valence-electron chi connectivity index (χ0n) is 15.4. The Kier molecular flexibility index (Phi) is 6.06. The van der Waals surface area contributed by atoms with Gasteiger partial charge in [0.05, 0.1) is 17.1 Å². The summed E-state index contributed by atoms with van der Waals surface area (Å²) in [6, 6.07) is 18.6. The third-order valence-electron chi connectivity index (χ3n) is 4.18. The molecule has 2 aromatic carbocycles. The smallest absolute Gasteiger partial charge is 0.261 e. The van der Waals surface area contributed by atoms with E-state index in [0.29, 0.717) is 5.69 Å². The first-order valence-corrected chi connectivity index (χ1v) is 10.4. The normalized spacial score (nSPS) is 11.0. The van der Waals surface area contributed by atoms with Crippen molar-refractivity contribution in [1.29, 1.82) is 0 Å². The van der Waals surface area contributed by atoms with Gasteiger partial charge in [0.2, 0.25) is 0 Å². The number of rotatable bonds is 7. The second kappa shape index (κ2) is 8.67. The lowest BCUT2D eigenvalue weighted by atomic mass is 10.2. The van der Waals surface area contributed by atoms with Gasteiger partial charge in [-0.2, -0.15) is 0 Å². The first-order valence-electron chi connectivity index (χ1n) is 8.88. The zero-order valence-corrected chi connectivity index (χ0v) is 16.2. The average Bonchev–Trinajstić information content (AvgIpc) is 2.73. The number of aryl methyl sites for hydroxylation is 1. The Hall–Kier alpha value is -3.19. The summed E-state index contributed by atoms with van der Waals surface area (Å²) < 4.78 is 27.9. The van der Waals surface area contributed by atoms with Gasteiger partial charge in [0, 0.05) is 17.4 Å². The molecule has 0 radical (unpaired) electrons. The number of nitrogens with one attached hydrogen (secondary N) is 2. The highest BCUT2D eigenvalue weighted by molar-refractivity contribution is 7.92. The van der Waals surface area contributed by atoms with E-state index >= 15 is 0 Å². The Bertz CT molecular complexity index is 1050. The minimum absolute atomic E-state index is 0.0255. The minimum Gasteiger partial charge on any atom is -0.346 e. The fourth-order valence-electron chi connectivity index (χ4n) is 2.60. The second-order valence-electron chi connectivity index (χ2n) is 6.19. The first kappa shape index (κ1) is 19.6. The number of carbonyl (C=O) groups is 1. The van der Waals surface area contributed by atoms with Crippen molar-refractivity contribution in [3.05, 3.63) is 89.7 Å². The van der Waals surface area contributed by atoms with E-state index in [0.717, 1.165) is 17.7 Å². The summed E-state index contributed by atoms with van der Waals surface area (Å²) in [7, 11) is -3.80. The summed E-state index contributed by atoms with van der Waals surface area (Å²) in [5.74, 6) is -0.366. The minimum atomic E-state index is -3.80. The van der Waals surface area contributed by atoms with Crippen molar-refractivity contribution in [3.63, 3.8) is 0 Å². The Labute approximate surface area is 164 Å². The Morgan fingerprint density at radius 3 is 2.46 bits per heavy atom. The molecule has 1 amide bonds. The molecule has 0 bridgehead atoms. The van der Waals surface area contributed by atoms with Gasteiger partial charge in [-0.15, -0.1) is 0 Å². The Balaban J connectivity index is 1.72. The fraction of sp³-hybridized carbons (Fsp3) is 0.143. The van der Waals surface area contributed by atoms with Crippen LogP contribution in [0.1, 0.15) is 28.5 Å². The number of hydrogen-bond acceptors (Lipinski definition) is 4. The standard InChI is InChI=1S/C21H21N3O3S/c1-2-16-9-11-18(12-10-16)24-28(26,27)20-8-5-6-17(14-20)21(25)23-15-19-7-3-4-13-22-19/h3-14,24H,2,15H2,1H3,(H,23,25). The number of amides is 1. The van der Waals surface area contributed by atoms with E-state index in [2.05, 4.69) is 15.0 Å². The maximum absolute atomic E-state index is 12.7. The van der Waals surface area contributed by atoms with Crippen LogP contribution in [-0.2, 0) is 23.0 Å². The largest absolute Gasteiger partial charge is 0.346 e. The molecule has 7 heteroatoms. The molecule has 1 heterocycles. The fourth-order valence-corrected chi connectivity index (χ4v) is 3.71. The third kappa shape index (κ3) is 4.95. The van der Waals surface area contributed by atoms with Crippen molar-refractivity contribution >= 4 is 21.6 Å². The molecule has 0 aliphatic carbocycles. The molecule has 28 heavy (non-hydrogen) atoms. The van der Waals surface area contributed by atoms with Crippen LogP contribution in [-0.4, -0.2) is 19.3 Å². The van der Waals surface area contributed by atoms with Crippen molar-refractivity contribution in [3.8, 4) is 0 Å². The van der Waals surface area contributed by atoms with Gasteiger partial charge < -0.3 is 5.32 Å². The van der Waals surface area contributed by atoms with E-state index in [-0.39, 0.29) is 22.9 Å². The van der Waals surface area contributed by atoms with Gasteiger partial charge in [-0.25, -0.2) is 8.42 Å². The molecule has 144 valence electrons. The van der Waals surface area contributed by atoms with E-state index < -0.39 is 10.0 Å². The highest BCUT2D eigenvalue weighted by Crippen LogP contribution is 2.18. The van der Waals surface area contributed by atoms with Gasteiger partial charge >= 0.3 is 0 Å². The van der Waals surface area contributed by atoms with Gasteiger partial charge in [0.15, 0.2) is 0 Å². The molecule has 2 N–H and O–H groups in total. The van der Waals surface area contributed by atoms with Crippen LogP contribution in [0.15, 0.2) is 77.8 Å². The van der Waals surface area contributed by atoms with Crippen LogP contribution in [0.25, 0.3) is 0 Å². The molecule has 3 rings (SSSR count). The molecule has 0 fully saturated rings. The summed E-state index contributed by atoms with van der Waals surface area (Å²) in [5.41, 5.74) is 2.58. The van der Waals surface area contributed by atoms with Crippen LogP contribution in [0.3, 0.4) is 0 Å². The number of hydrogen-bond donors (Lipinski definition) is 2. The molecule has 0 saturated heterocycles. The van der Waals surface area contributed by atoms with Crippen LogP contribution in [0.5, 0.6) is 0 Å². The lowest BCUT2D eigenvalue weighted by Gasteiger charge is -2.10. The molecular weight excluding hydrogens is 374 g/mol. The van der Waals surface area contributed by atoms with Gasteiger partial charge in [0.1, 0.15) is 0 Å². The molecule has 3 aromatic rings. The summed E-state index contributed by atoms with van der Waals surface area (Å²) in [4.78, 5) is 16.5. The molecule has 0 saturated carbocycles. The summed E-state index contributed by atoms with van der Waals surface area (Å²) >= 11 is 0. The Morgan fingerprint density at radius 1 is 1.00 bits per heavy atom. The van der Waals surface area contributed by atoms with Crippen LogP contribution in [0.2, 0.25) is 0 Å². The van der Waals surface area contributed by atoms with Crippen LogP contribution < -0.4 is 10.0 Å². The molecule has 0 spiro atoms. The average molecular weight is 395 g/mol. The molecule has 6 nitrogen and oxygen atoms in total. The summed E-state index contributed by atoms with van der Waals surface area (Å²) in [5, 5.41) is 2.74. The van der Waals surface area contributed by atoms with E-state index in [4.69, 9.17) is 0 Å². The van der Waals surface area contributed by atoms with Crippen molar-refractivity contribution in [2.45, 2.75) is 24.8 Å². The van der Waals surface area contributed by atoms with E-state index in [1.165, 1.54) is 12.1 Å². The topological polar surface area (TPSA) is 88.2 Å². The molecular formula is C21H21N3O3S. The van der Waals surface area contributed by atoms with E-state index in [1.807, 2.05) is 25.1 Å². The quantitative estimate of drug-likeness (QED) is 0.642. The molecule has 0 aliphatic rings. The maximum Gasteiger partial charge on any atom is 0.261 e. The van der Waals surface area contributed by atoms with Gasteiger partial charge in [0.25, 0.3) is 15.9 Å². The summed E-state index contributed by atoms with van der Waals surface area (Å²) in [6.07, 6.45) is 2.52. The predicted octanol–water partition coefficient (Wildman–Crippen LogP) is 3.37. The second-order valence-corrected chi connectivity index (χ2v) is 7.87.